The van der Waals surface area contributed by atoms with Crippen molar-refractivity contribution in [1.82, 2.24) is 4.98 Å². The van der Waals surface area contributed by atoms with Crippen LogP contribution in [-0.4, -0.2) is 24.5 Å². The highest BCUT2D eigenvalue weighted by Gasteiger charge is 2.38. The summed E-state index contributed by atoms with van der Waals surface area (Å²) in [6.45, 7) is 0.780. The van der Waals surface area contributed by atoms with Crippen molar-refractivity contribution in [2.24, 2.45) is 0 Å². The van der Waals surface area contributed by atoms with Crippen molar-refractivity contribution in [3.63, 3.8) is 0 Å². The van der Waals surface area contributed by atoms with Crippen LogP contribution in [0, 0.1) is 0 Å². The fourth-order valence-electron chi connectivity index (χ4n) is 3.14. The third-order valence-corrected chi connectivity index (χ3v) is 4.12. The SMILES string of the molecule is COc1ccc2c(n1)N1CCc3ccccc3C1C(=O)N2. The fraction of sp³-hybridized carbons (Fsp3) is 0.250. The molecule has 1 atom stereocenters. The molecule has 5 heteroatoms. The molecule has 1 unspecified atom stereocenters. The number of rotatable bonds is 1. The number of nitrogens with one attached hydrogen (secondary N) is 1. The number of methoxy groups -OCH3 is 1. The normalized spacial score (nSPS) is 19.2. The summed E-state index contributed by atoms with van der Waals surface area (Å²) in [5, 5.41) is 2.95. The maximum Gasteiger partial charge on any atom is 0.251 e. The topological polar surface area (TPSA) is 54.5 Å². The van der Waals surface area contributed by atoms with Crippen LogP contribution < -0.4 is 15.0 Å². The van der Waals surface area contributed by atoms with E-state index in [-0.39, 0.29) is 11.9 Å². The molecule has 0 spiro atoms. The molecule has 0 aliphatic carbocycles. The molecule has 106 valence electrons. The smallest absolute Gasteiger partial charge is 0.251 e. The van der Waals surface area contributed by atoms with Gasteiger partial charge in [-0.2, -0.15) is 4.98 Å². The van der Waals surface area contributed by atoms with Crippen LogP contribution in [-0.2, 0) is 11.2 Å². The van der Waals surface area contributed by atoms with E-state index in [0.717, 1.165) is 30.0 Å². The maximum absolute atomic E-state index is 12.5. The first-order chi connectivity index (χ1) is 10.3. The molecular weight excluding hydrogens is 266 g/mol. The van der Waals surface area contributed by atoms with Gasteiger partial charge in [-0.1, -0.05) is 24.3 Å². The highest BCUT2D eigenvalue weighted by molar-refractivity contribution is 6.03. The number of fused-ring (bicyclic) bond motifs is 5. The Morgan fingerprint density at radius 2 is 2.14 bits per heavy atom. The molecule has 3 heterocycles. The summed E-state index contributed by atoms with van der Waals surface area (Å²) in [5.41, 5.74) is 3.05. The van der Waals surface area contributed by atoms with Crippen LogP contribution in [0.3, 0.4) is 0 Å². The molecule has 0 radical (unpaired) electrons. The van der Waals surface area contributed by atoms with E-state index in [2.05, 4.69) is 21.3 Å². The molecule has 1 aromatic carbocycles. The van der Waals surface area contributed by atoms with E-state index in [0.29, 0.717) is 5.88 Å². The zero-order valence-electron chi connectivity index (χ0n) is 11.7. The first-order valence-electron chi connectivity index (χ1n) is 6.98. The zero-order chi connectivity index (χ0) is 14.4. The minimum atomic E-state index is -0.304. The van der Waals surface area contributed by atoms with Gasteiger partial charge in [-0.25, -0.2) is 0 Å². The van der Waals surface area contributed by atoms with Crippen LogP contribution in [0.5, 0.6) is 5.88 Å². The number of nitrogens with zero attached hydrogens (tertiary/aromatic N) is 2. The Balaban J connectivity index is 1.86. The molecule has 1 amide bonds. The first-order valence-corrected chi connectivity index (χ1v) is 6.98. The Hall–Kier alpha value is -2.56. The lowest BCUT2D eigenvalue weighted by molar-refractivity contribution is -0.118. The summed E-state index contributed by atoms with van der Waals surface area (Å²) in [6, 6.07) is 11.4. The van der Waals surface area contributed by atoms with Crippen molar-refractivity contribution in [2.75, 3.05) is 23.9 Å². The molecule has 2 aliphatic rings. The van der Waals surface area contributed by atoms with E-state index in [4.69, 9.17) is 4.74 Å². The maximum atomic E-state index is 12.5. The van der Waals surface area contributed by atoms with Gasteiger partial charge in [0.1, 0.15) is 6.04 Å². The highest BCUT2D eigenvalue weighted by Crippen LogP contribution is 2.41. The van der Waals surface area contributed by atoms with Gasteiger partial charge in [-0.3, -0.25) is 4.79 Å². The van der Waals surface area contributed by atoms with Gasteiger partial charge in [-0.15, -0.1) is 0 Å². The predicted molar refractivity (Wildman–Crippen MR) is 79.7 cm³/mol. The molecule has 1 aromatic heterocycles. The molecule has 0 saturated heterocycles. The van der Waals surface area contributed by atoms with Crippen LogP contribution >= 0.6 is 0 Å². The van der Waals surface area contributed by atoms with Crippen LogP contribution in [0.15, 0.2) is 36.4 Å². The third-order valence-electron chi connectivity index (χ3n) is 4.12. The van der Waals surface area contributed by atoms with E-state index < -0.39 is 0 Å². The summed E-state index contributed by atoms with van der Waals surface area (Å²) in [6.07, 6.45) is 0.915. The quantitative estimate of drug-likeness (QED) is 0.870. The molecule has 1 N–H and O–H groups in total. The Morgan fingerprint density at radius 1 is 1.29 bits per heavy atom. The van der Waals surface area contributed by atoms with Gasteiger partial charge in [0.15, 0.2) is 5.82 Å². The average molecular weight is 281 g/mol. The molecule has 0 bridgehead atoms. The van der Waals surface area contributed by atoms with Crippen molar-refractivity contribution >= 4 is 17.4 Å². The zero-order valence-corrected chi connectivity index (χ0v) is 11.7. The fourth-order valence-corrected chi connectivity index (χ4v) is 3.14. The van der Waals surface area contributed by atoms with E-state index in [1.807, 2.05) is 24.3 Å². The largest absolute Gasteiger partial charge is 0.481 e. The van der Waals surface area contributed by atoms with Gasteiger partial charge in [0.25, 0.3) is 5.91 Å². The van der Waals surface area contributed by atoms with Crippen LogP contribution in [0.4, 0.5) is 11.5 Å². The van der Waals surface area contributed by atoms with Crippen LogP contribution in [0.2, 0.25) is 0 Å². The van der Waals surface area contributed by atoms with Gasteiger partial charge in [-0.05, 0) is 23.6 Å². The van der Waals surface area contributed by atoms with Gasteiger partial charge in [0, 0.05) is 12.6 Å². The Morgan fingerprint density at radius 3 is 3.00 bits per heavy atom. The van der Waals surface area contributed by atoms with Crippen LogP contribution in [0.25, 0.3) is 0 Å². The number of ether oxygens (including phenoxy) is 1. The number of carbonyl (C=O) groups is 1. The second kappa shape index (κ2) is 4.48. The Bertz CT molecular complexity index is 729. The summed E-state index contributed by atoms with van der Waals surface area (Å²) < 4.78 is 5.21. The summed E-state index contributed by atoms with van der Waals surface area (Å²) in [4.78, 5) is 19.1. The number of hydrogen-bond acceptors (Lipinski definition) is 4. The number of aromatic nitrogens is 1. The lowest BCUT2D eigenvalue weighted by Crippen LogP contribution is -2.46. The Labute approximate surface area is 122 Å². The minimum absolute atomic E-state index is 0.00150. The van der Waals surface area contributed by atoms with Crippen molar-refractivity contribution in [2.45, 2.75) is 12.5 Å². The standard InChI is InChI=1S/C16H15N3O2/c1-21-13-7-6-12-15(18-13)19-9-8-10-4-2-3-5-11(10)14(19)16(20)17-12/h2-7,14H,8-9H2,1H3,(H,17,20). The van der Waals surface area contributed by atoms with Gasteiger partial charge in [0.05, 0.1) is 12.8 Å². The molecular formula is C16H15N3O2. The summed E-state index contributed by atoms with van der Waals surface area (Å²) >= 11 is 0. The predicted octanol–water partition coefficient (Wildman–Crippen LogP) is 2.15. The number of benzene rings is 1. The number of pyridine rings is 1. The molecule has 0 saturated carbocycles. The second-order valence-electron chi connectivity index (χ2n) is 5.26. The second-order valence-corrected chi connectivity index (χ2v) is 5.26. The first kappa shape index (κ1) is 12.2. The number of anilines is 2. The monoisotopic (exact) mass is 281 g/mol. The van der Waals surface area contributed by atoms with Crippen molar-refractivity contribution < 1.29 is 9.53 Å². The van der Waals surface area contributed by atoms with Gasteiger partial charge >= 0.3 is 0 Å². The van der Waals surface area contributed by atoms with Gasteiger partial charge in [0.2, 0.25) is 5.88 Å². The lowest BCUT2D eigenvalue weighted by Gasteiger charge is -2.41. The molecule has 5 nitrogen and oxygen atoms in total. The van der Waals surface area contributed by atoms with Crippen molar-refractivity contribution in [3.8, 4) is 5.88 Å². The van der Waals surface area contributed by atoms with Crippen molar-refractivity contribution in [1.29, 1.82) is 0 Å². The molecule has 0 fully saturated rings. The van der Waals surface area contributed by atoms with Crippen molar-refractivity contribution in [3.05, 3.63) is 47.5 Å². The van der Waals surface area contributed by atoms with E-state index in [1.165, 1.54) is 5.56 Å². The van der Waals surface area contributed by atoms with E-state index in [9.17, 15) is 4.79 Å². The Kier molecular flexibility index (Phi) is 2.60. The number of carbonyl (C=O) groups excluding carboxylic acids is 1. The lowest BCUT2D eigenvalue weighted by atomic mass is 9.90. The highest BCUT2D eigenvalue weighted by atomic mass is 16.5. The summed E-state index contributed by atoms with van der Waals surface area (Å²) in [7, 11) is 1.60. The molecule has 21 heavy (non-hydrogen) atoms. The minimum Gasteiger partial charge on any atom is -0.481 e. The third kappa shape index (κ3) is 1.77. The summed E-state index contributed by atoms with van der Waals surface area (Å²) in [5.74, 6) is 1.34. The molecule has 2 aromatic rings. The number of hydrogen-bond donors (Lipinski definition) is 1. The molecule has 2 aliphatic heterocycles. The van der Waals surface area contributed by atoms with Gasteiger partial charge < -0.3 is 15.0 Å². The van der Waals surface area contributed by atoms with E-state index >= 15 is 0 Å². The van der Waals surface area contributed by atoms with Crippen LogP contribution in [0.1, 0.15) is 17.2 Å². The number of amides is 1. The molecule has 4 rings (SSSR count). The van der Waals surface area contributed by atoms with E-state index in [1.54, 1.807) is 13.2 Å². The average Bonchev–Trinajstić information content (AvgIpc) is 2.54.